The molecule has 0 fully saturated rings. The van der Waals surface area contributed by atoms with Crippen molar-refractivity contribution in [3.8, 4) is 5.69 Å². The van der Waals surface area contributed by atoms with Crippen molar-refractivity contribution >= 4 is 10.9 Å². The second-order valence-corrected chi connectivity index (χ2v) is 5.95. The average Bonchev–Trinajstić information content (AvgIpc) is 2.52. The summed E-state index contributed by atoms with van der Waals surface area (Å²) in [4.78, 5) is 17.8. The number of fused-ring (bicyclic) bond motifs is 4. The lowest BCUT2D eigenvalue weighted by Crippen LogP contribution is -2.35. The van der Waals surface area contributed by atoms with E-state index in [1.807, 2.05) is 49.4 Å². The van der Waals surface area contributed by atoms with E-state index in [4.69, 9.17) is 10.7 Å². The summed E-state index contributed by atoms with van der Waals surface area (Å²) in [5.41, 5.74) is 10.0. The third-order valence-electron chi connectivity index (χ3n) is 4.64. The van der Waals surface area contributed by atoms with Crippen LogP contribution < -0.4 is 11.3 Å². The van der Waals surface area contributed by atoms with Crippen LogP contribution in [-0.4, -0.2) is 9.55 Å². The van der Waals surface area contributed by atoms with Gasteiger partial charge in [0, 0.05) is 5.92 Å². The van der Waals surface area contributed by atoms with E-state index in [2.05, 4.69) is 6.92 Å². The van der Waals surface area contributed by atoms with Crippen LogP contribution in [0.15, 0.2) is 47.3 Å². The van der Waals surface area contributed by atoms with Gasteiger partial charge in [0.2, 0.25) is 0 Å². The number of nitrogens with two attached hydrogens (primary N) is 1. The molecule has 2 aromatic carbocycles. The molecule has 4 nitrogen and oxygen atoms in total. The van der Waals surface area contributed by atoms with Crippen LogP contribution in [0.2, 0.25) is 0 Å². The zero-order chi connectivity index (χ0) is 15.4. The van der Waals surface area contributed by atoms with Gasteiger partial charge in [-0.15, -0.1) is 0 Å². The summed E-state index contributed by atoms with van der Waals surface area (Å²) in [6.45, 7) is 4.02. The maximum atomic E-state index is 13.1. The Morgan fingerprint density at radius 1 is 1.14 bits per heavy atom. The molecule has 110 valence electrons. The predicted molar refractivity (Wildman–Crippen MR) is 87.4 cm³/mol. The Morgan fingerprint density at radius 3 is 2.73 bits per heavy atom. The van der Waals surface area contributed by atoms with Crippen LogP contribution in [0.25, 0.3) is 16.6 Å². The van der Waals surface area contributed by atoms with Crippen molar-refractivity contribution in [3.05, 3.63) is 69.8 Å². The summed E-state index contributed by atoms with van der Waals surface area (Å²) in [6, 6.07) is 13.4. The van der Waals surface area contributed by atoms with E-state index in [-0.39, 0.29) is 17.5 Å². The molecule has 2 N–H and O–H groups in total. The lowest BCUT2D eigenvalue weighted by atomic mass is 9.88. The van der Waals surface area contributed by atoms with E-state index in [1.54, 1.807) is 4.57 Å². The Morgan fingerprint density at radius 2 is 1.91 bits per heavy atom. The fourth-order valence-electron chi connectivity index (χ4n) is 3.36. The number of nitrogens with zero attached hydrogens (tertiary/aromatic N) is 2. The van der Waals surface area contributed by atoms with Crippen molar-refractivity contribution in [1.29, 1.82) is 0 Å². The first kappa shape index (κ1) is 13.2. The van der Waals surface area contributed by atoms with Gasteiger partial charge in [0.1, 0.15) is 5.82 Å². The molecule has 1 aromatic heterocycles. The number of aryl methyl sites for hydroxylation is 1. The quantitative estimate of drug-likeness (QED) is 0.693. The molecule has 0 spiro atoms. The zero-order valence-corrected chi connectivity index (χ0v) is 12.6. The third kappa shape index (κ3) is 1.61. The molecule has 2 unspecified atom stereocenters. The second-order valence-electron chi connectivity index (χ2n) is 5.95. The van der Waals surface area contributed by atoms with Gasteiger partial charge < -0.3 is 5.73 Å². The highest BCUT2D eigenvalue weighted by Crippen LogP contribution is 2.37. The smallest absolute Gasteiger partial charge is 0.266 e. The average molecular weight is 291 g/mol. The third-order valence-corrected chi connectivity index (χ3v) is 4.64. The fourth-order valence-corrected chi connectivity index (χ4v) is 3.36. The van der Waals surface area contributed by atoms with Gasteiger partial charge >= 0.3 is 0 Å². The van der Waals surface area contributed by atoms with Crippen molar-refractivity contribution in [2.45, 2.75) is 25.8 Å². The number of aromatic nitrogens is 2. The highest BCUT2D eigenvalue weighted by atomic mass is 16.1. The Bertz CT molecular complexity index is 958. The molecule has 22 heavy (non-hydrogen) atoms. The SMILES string of the molecule is Cc1cccc2nc3n(c(=O)c12)-c1ccccc1C(C)C3N. The van der Waals surface area contributed by atoms with Crippen LogP contribution in [-0.2, 0) is 0 Å². The number of benzene rings is 2. The highest BCUT2D eigenvalue weighted by Gasteiger charge is 2.31. The van der Waals surface area contributed by atoms with E-state index in [0.29, 0.717) is 11.2 Å². The summed E-state index contributed by atoms with van der Waals surface area (Å²) >= 11 is 0. The van der Waals surface area contributed by atoms with E-state index >= 15 is 0 Å². The summed E-state index contributed by atoms with van der Waals surface area (Å²) in [7, 11) is 0. The second kappa shape index (κ2) is 4.52. The molecule has 1 aliphatic heterocycles. The highest BCUT2D eigenvalue weighted by molar-refractivity contribution is 5.81. The number of hydrogen-bond acceptors (Lipinski definition) is 3. The van der Waals surface area contributed by atoms with E-state index < -0.39 is 0 Å². The Balaban J connectivity index is 2.20. The van der Waals surface area contributed by atoms with E-state index in [9.17, 15) is 4.79 Å². The maximum absolute atomic E-state index is 13.1. The summed E-state index contributed by atoms with van der Waals surface area (Å²) in [6.07, 6.45) is 0. The first-order valence-corrected chi connectivity index (χ1v) is 7.46. The van der Waals surface area contributed by atoms with Gasteiger partial charge in [0.05, 0.1) is 22.6 Å². The maximum Gasteiger partial charge on any atom is 0.266 e. The lowest BCUT2D eigenvalue weighted by molar-refractivity contribution is 0.522. The summed E-state index contributed by atoms with van der Waals surface area (Å²) < 4.78 is 1.69. The number of hydrogen-bond donors (Lipinski definition) is 1. The molecule has 4 rings (SSSR count). The molecule has 0 bridgehead atoms. The standard InChI is InChI=1S/C18H17N3O/c1-10-6-5-8-13-15(10)18(22)21-14-9-4-3-7-12(14)11(2)16(19)17(21)20-13/h3-9,11,16H,19H2,1-2H3. The minimum absolute atomic E-state index is 0.0344. The first-order valence-electron chi connectivity index (χ1n) is 7.46. The zero-order valence-electron chi connectivity index (χ0n) is 12.6. The van der Waals surface area contributed by atoms with Gasteiger partial charge in [-0.05, 0) is 30.2 Å². The lowest BCUT2D eigenvalue weighted by Gasteiger charge is -2.31. The molecule has 3 aromatic rings. The Labute approximate surface area is 128 Å². The molecule has 0 amide bonds. The number of rotatable bonds is 0. The van der Waals surface area contributed by atoms with Crippen molar-refractivity contribution < 1.29 is 0 Å². The molecule has 2 atom stereocenters. The Kier molecular flexibility index (Phi) is 2.71. The fraction of sp³-hybridized carbons (Fsp3) is 0.222. The topological polar surface area (TPSA) is 60.9 Å². The van der Waals surface area contributed by atoms with Crippen LogP contribution in [0, 0.1) is 6.92 Å². The minimum Gasteiger partial charge on any atom is -0.321 e. The summed E-state index contributed by atoms with van der Waals surface area (Å²) in [5.74, 6) is 0.777. The van der Waals surface area contributed by atoms with Gasteiger partial charge in [-0.2, -0.15) is 0 Å². The van der Waals surface area contributed by atoms with Crippen LogP contribution in [0.4, 0.5) is 0 Å². The molecule has 0 aliphatic carbocycles. The predicted octanol–water partition coefficient (Wildman–Crippen LogP) is 2.81. The molecule has 0 saturated heterocycles. The summed E-state index contributed by atoms with van der Waals surface area (Å²) in [5, 5.41) is 0.669. The van der Waals surface area contributed by atoms with E-state index in [1.165, 1.54) is 0 Å². The molecule has 4 heteroatoms. The molecular weight excluding hydrogens is 274 g/mol. The molecular formula is C18H17N3O. The normalized spacial score (nSPS) is 19.8. The molecule has 0 radical (unpaired) electrons. The van der Waals surface area contributed by atoms with Crippen molar-refractivity contribution in [2.75, 3.05) is 0 Å². The molecule has 1 aliphatic rings. The van der Waals surface area contributed by atoms with Gasteiger partial charge in [0.15, 0.2) is 0 Å². The molecule has 2 heterocycles. The van der Waals surface area contributed by atoms with Crippen LogP contribution in [0.1, 0.15) is 35.8 Å². The Hall–Kier alpha value is -2.46. The van der Waals surface area contributed by atoms with Crippen LogP contribution in [0.5, 0.6) is 0 Å². The van der Waals surface area contributed by atoms with Crippen molar-refractivity contribution in [1.82, 2.24) is 9.55 Å². The van der Waals surface area contributed by atoms with Gasteiger partial charge in [-0.1, -0.05) is 37.3 Å². The van der Waals surface area contributed by atoms with Gasteiger partial charge in [-0.3, -0.25) is 9.36 Å². The minimum atomic E-state index is -0.285. The van der Waals surface area contributed by atoms with E-state index in [0.717, 1.165) is 22.3 Å². The first-order chi connectivity index (χ1) is 10.6. The molecule has 0 saturated carbocycles. The number of para-hydroxylation sites is 1. The van der Waals surface area contributed by atoms with Crippen molar-refractivity contribution in [2.24, 2.45) is 5.73 Å². The largest absolute Gasteiger partial charge is 0.321 e. The monoisotopic (exact) mass is 291 g/mol. The van der Waals surface area contributed by atoms with Crippen LogP contribution >= 0.6 is 0 Å². The van der Waals surface area contributed by atoms with Gasteiger partial charge in [0.25, 0.3) is 5.56 Å². The van der Waals surface area contributed by atoms with Crippen LogP contribution in [0.3, 0.4) is 0 Å². The van der Waals surface area contributed by atoms with Crippen molar-refractivity contribution in [3.63, 3.8) is 0 Å². The van der Waals surface area contributed by atoms with Gasteiger partial charge in [-0.25, -0.2) is 4.98 Å².